The van der Waals surface area contributed by atoms with Gasteiger partial charge in [-0.3, -0.25) is 14.9 Å². The van der Waals surface area contributed by atoms with Crippen molar-refractivity contribution in [2.75, 3.05) is 12.9 Å². The molecule has 0 saturated carbocycles. The number of nitrogens with zero attached hydrogens (tertiary/aromatic N) is 3. The third kappa shape index (κ3) is 4.25. The summed E-state index contributed by atoms with van der Waals surface area (Å²) in [7, 11) is 0. The van der Waals surface area contributed by atoms with E-state index in [-0.39, 0.29) is 29.8 Å². The zero-order valence-corrected chi connectivity index (χ0v) is 16.4. The van der Waals surface area contributed by atoms with Gasteiger partial charge in [0.15, 0.2) is 12.4 Å². The third-order valence-electron chi connectivity index (χ3n) is 4.07. The van der Waals surface area contributed by atoms with E-state index in [1.807, 2.05) is 30.5 Å². The van der Waals surface area contributed by atoms with Gasteiger partial charge in [0.1, 0.15) is 0 Å². The number of thioether (sulfide) groups is 1. The summed E-state index contributed by atoms with van der Waals surface area (Å²) in [6.07, 6.45) is 1.28. The molecular formula is C19H19N3O5S. The maximum Gasteiger partial charge on any atom is 0.311 e. The van der Waals surface area contributed by atoms with E-state index < -0.39 is 11.2 Å². The quantitative estimate of drug-likeness (QED) is 0.414. The fraction of sp³-hybridized carbons (Fsp3) is 0.263. The van der Waals surface area contributed by atoms with Crippen LogP contribution in [0.4, 0.5) is 5.69 Å². The minimum atomic E-state index is -0.694. The van der Waals surface area contributed by atoms with Crippen molar-refractivity contribution in [1.82, 2.24) is 5.01 Å². The molecule has 0 radical (unpaired) electrons. The Labute approximate surface area is 166 Å². The van der Waals surface area contributed by atoms with E-state index in [1.165, 1.54) is 24.1 Å². The van der Waals surface area contributed by atoms with Crippen LogP contribution in [0, 0.1) is 17.0 Å². The molecule has 0 spiro atoms. The zero-order chi connectivity index (χ0) is 20.3. The monoisotopic (exact) mass is 401 g/mol. The molecule has 0 aliphatic carbocycles. The van der Waals surface area contributed by atoms with Gasteiger partial charge in [-0.15, -0.1) is 16.9 Å². The molecule has 28 heavy (non-hydrogen) atoms. The average Bonchev–Trinajstić information content (AvgIpc) is 3.11. The molecular weight excluding hydrogens is 382 g/mol. The van der Waals surface area contributed by atoms with Crippen LogP contribution >= 0.6 is 11.8 Å². The van der Waals surface area contributed by atoms with Gasteiger partial charge < -0.3 is 9.47 Å². The Morgan fingerprint density at radius 3 is 2.64 bits per heavy atom. The highest BCUT2D eigenvalue weighted by Crippen LogP contribution is 2.31. The number of aryl methyl sites for hydroxylation is 1. The molecule has 1 amide bonds. The molecule has 0 unspecified atom stereocenters. The lowest BCUT2D eigenvalue weighted by Crippen LogP contribution is -2.25. The number of carbonyl (C=O) groups is 1. The average molecular weight is 401 g/mol. The van der Waals surface area contributed by atoms with Crippen molar-refractivity contribution in [2.45, 2.75) is 25.0 Å². The van der Waals surface area contributed by atoms with Gasteiger partial charge in [-0.2, -0.15) is 5.01 Å². The number of hydrogen-bond acceptors (Lipinski definition) is 7. The van der Waals surface area contributed by atoms with E-state index in [2.05, 4.69) is 5.10 Å². The Hall–Kier alpha value is -3.07. The van der Waals surface area contributed by atoms with E-state index >= 15 is 0 Å². The highest BCUT2D eigenvalue weighted by atomic mass is 32.2. The standard InChI is InChI=1S/C19H19N3O5S/c1-12-4-9-17(16(10-12)22(24)25)26-11-18-20-21(13(2)23)19(27-18)14-5-7-15(28-3)8-6-14/h4-10,19H,11H2,1-3H3/t19-/m1/s1. The lowest BCUT2D eigenvalue weighted by Gasteiger charge is -2.19. The highest BCUT2D eigenvalue weighted by Gasteiger charge is 2.33. The van der Waals surface area contributed by atoms with Crippen LogP contribution in [0.3, 0.4) is 0 Å². The van der Waals surface area contributed by atoms with E-state index in [4.69, 9.17) is 9.47 Å². The lowest BCUT2D eigenvalue weighted by molar-refractivity contribution is -0.385. The topological polar surface area (TPSA) is 94.3 Å². The molecule has 0 fully saturated rings. The molecule has 1 atom stereocenters. The van der Waals surface area contributed by atoms with Crippen molar-refractivity contribution >= 4 is 29.3 Å². The van der Waals surface area contributed by atoms with Crippen LogP contribution in [0.1, 0.15) is 24.3 Å². The second-order valence-electron chi connectivity index (χ2n) is 6.12. The molecule has 3 rings (SSSR count). The first-order valence-electron chi connectivity index (χ1n) is 8.44. The molecule has 9 heteroatoms. The molecule has 1 heterocycles. The number of nitro groups is 1. The van der Waals surface area contributed by atoms with Crippen LogP contribution in [0.2, 0.25) is 0 Å². The number of hydrogen-bond donors (Lipinski definition) is 0. The van der Waals surface area contributed by atoms with Gasteiger partial charge in [-0.1, -0.05) is 18.2 Å². The molecule has 8 nitrogen and oxygen atoms in total. The summed E-state index contributed by atoms with van der Waals surface area (Å²) < 4.78 is 11.3. The summed E-state index contributed by atoms with van der Waals surface area (Å²) in [6, 6.07) is 12.3. The molecule has 2 aromatic rings. The summed E-state index contributed by atoms with van der Waals surface area (Å²) in [4.78, 5) is 23.8. The molecule has 146 valence electrons. The summed E-state index contributed by atoms with van der Waals surface area (Å²) >= 11 is 1.61. The smallest absolute Gasteiger partial charge is 0.311 e. The summed E-state index contributed by atoms with van der Waals surface area (Å²) in [6.45, 7) is 3.02. The van der Waals surface area contributed by atoms with Gasteiger partial charge in [-0.25, -0.2) is 0 Å². The van der Waals surface area contributed by atoms with E-state index in [9.17, 15) is 14.9 Å². The zero-order valence-electron chi connectivity index (χ0n) is 15.6. The SMILES string of the molecule is CSc1ccc([C@H]2OC(COc3ccc(C)cc3[N+](=O)[O-])=NN2C(C)=O)cc1. The minimum Gasteiger partial charge on any atom is -0.477 e. The van der Waals surface area contributed by atoms with Crippen LogP contribution in [-0.4, -0.2) is 34.6 Å². The molecule has 1 aliphatic rings. The number of hydrazone groups is 1. The predicted octanol–water partition coefficient (Wildman–Crippen LogP) is 3.89. The molecule has 2 aromatic carbocycles. The number of carbonyl (C=O) groups excluding carboxylic acids is 1. The second-order valence-corrected chi connectivity index (χ2v) is 7.00. The van der Waals surface area contributed by atoms with E-state index in [1.54, 1.807) is 24.8 Å². The maximum atomic E-state index is 12.0. The van der Waals surface area contributed by atoms with Gasteiger partial charge in [-0.05, 0) is 36.9 Å². The van der Waals surface area contributed by atoms with E-state index in [0.29, 0.717) is 0 Å². The second kappa shape index (κ2) is 8.30. The maximum absolute atomic E-state index is 12.0. The van der Waals surface area contributed by atoms with Crippen LogP contribution in [0.25, 0.3) is 0 Å². The Kier molecular flexibility index (Phi) is 5.84. The van der Waals surface area contributed by atoms with Crippen molar-refractivity contribution < 1.29 is 19.2 Å². The van der Waals surface area contributed by atoms with Gasteiger partial charge >= 0.3 is 5.69 Å². The van der Waals surface area contributed by atoms with Gasteiger partial charge in [0.2, 0.25) is 18.0 Å². The Morgan fingerprint density at radius 2 is 2.04 bits per heavy atom. The van der Waals surface area contributed by atoms with Crippen molar-refractivity contribution in [3.8, 4) is 5.75 Å². The Morgan fingerprint density at radius 1 is 1.32 bits per heavy atom. The summed E-state index contributed by atoms with van der Waals surface area (Å²) in [5.74, 6) is 0.00308. The first-order chi connectivity index (χ1) is 13.4. The van der Waals surface area contributed by atoms with Crippen LogP contribution in [-0.2, 0) is 9.53 Å². The number of amides is 1. The Bertz CT molecular complexity index is 930. The largest absolute Gasteiger partial charge is 0.477 e. The van der Waals surface area contributed by atoms with Crippen LogP contribution in [0.15, 0.2) is 52.5 Å². The van der Waals surface area contributed by atoms with Crippen molar-refractivity contribution in [3.63, 3.8) is 0 Å². The van der Waals surface area contributed by atoms with Crippen molar-refractivity contribution in [2.24, 2.45) is 5.10 Å². The van der Waals surface area contributed by atoms with Gasteiger partial charge in [0.05, 0.1) is 4.92 Å². The number of benzene rings is 2. The predicted molar refractivity (Wildman–Crippen MR) is 105 cm³/mol. The lowest BCUT2D eigenvalue weighted by atomic mass is 10.2. The number of rotatable bonds is 6. The Balaban J connectivity index is 1.75. The molecule has 0 aromatic heterocycles. The fourth-order valence-electron chi connectivity index (χ4n) is 2.68. The fourth-order valence-corrected chi connectivity index (χ4v) is 3.09. The third-order valence-corrected chi connectivity index (χ3v) is 4.82. The first kappa shape index (κ1) is 19.7. The molecule has 0 bridgehead atoms. The van der Waals surface area contributed by atoms with Gasteiger partial charge in [0.25, 0.3) is 0 Å². The van der Waals surface area contributed by atoms with Crippen molar-refractivity contribution in [1.29, 1.82) is 0 Å². The highest BCUT2D eigenvalue weighted by molar-refractivity contribution is 7.98. The molecule has 1 aliphatic heterocycles. The molecule has 0 N–H and O–H groups in total. The number of ether oxygens (including phenoxy) is 2. The van der Waals surface area contributed by atoms with Gasteiger partial charge in [0, 0.05) is 23.4 Å². The normalized spacial score (nSPS) is 15.8. The molecule has 0 saturated heterocycles. The van der Waals surface area contributed by atoms with Crippen LogP contribution in [0.5, 0.6) is 5.75 Å². The summed E-state index contributed by atoms with van der Waals surface area (Å²) in [5, 5.41) is 16.6. The number of nitro benzene ring substituents is 1. The first-order valence-corrected chi connectivity index (χ1v) is 9.67. The minimum absolute atomic E-state index is 0.115. The summed E-state index contributed by atoms with van der Waals surface area (Å²) in [5.41, 5.74) is 1.39. The van der Waals surface area contributed by atoms with Crippen molar-refractivity contribution in [3.05, 3.63) is 63.7 Å². The van der Waals surface area contributed by atoms with E-state index in [0.717, 1.165) is 16.0 Å². The van der Waals surface area contributed by atoms with Crippen LogP contribution < -0.4 is 4.74 Å².